The highest BCUT2D eigenvalue weighted by atomic mass is 16.5. The van der Waals surface area contributed by atoms with E-state index in [4.69, 9.17) is 11.5 Å². The summed E-state index contributed by atoms with van der Waals surface area (Å²) in [4.78, 5) is 22.8. The van der Waals surface area contributed by atoms with Crippen molar-refractivity contribution < 1.29 is 14.3 Å². The summed E-state index contributed by atoms with van der Waals surface area (Å²) in [6.45, 7) is 0.452. The van der Waals surface area contributed by atoms with Crippen molar-refractivity contribution in [3.05, 3.63) is 29.8 Å². The van der Waals surface area contributed by atoms with Crippen LogP contribution in [0.25, 0.3) is 0 Å². The first-order valence-electron chi connectivity index (χ1n) is 6.01. The number of carbonyl (C=O) groups excluding carboxylic acids is 2. The number of carbonyl (C=O) groups is 2. The summed E-state index contributed by atoms with van der Waals surface area (Å²) < 4.78 is 4.51. The minimum atomic E-state index is -0.640. The third kappa shape index (κ3) is 4.97. The van der Waals surface area contributed by atoms with Crippen molar-refractivity contribution in [2.24, 2.45) is 5.73 Å². The van der Waals surface area contributed by atoms with Crippen molar-refractivity contribution in [1.82, 2.24) is 5.32 Å². The normalized spacial score (nSPS) is 11.7. The van der Waals surface area contributed by atoms with Crippen LogP contribution in [0, 0.1) is 0 Å². The Morgan fingerprint density at radius 2 is 1.95 bits per heavy atom. The first kappa shape index (κ1) is 15.0. The van der Waals surface area contributed by atoms with Crippen LogP contribution >= 0.6 is 0 Å². The van der Waals surface area contributed by atoms with Crippen LogP contribution in [0.15, 0.2) is 24.3 Å². The van der Waals surface area contributed by atoms with Gasteiger partial charge in [-0.25, -0.2) is 0 Å². The summed E-state index contributed by atoms with van der Waals surface area (Å²) in [5.41, 5.74) is 12.3. The van der Waals surface area contributed by atoms with Crippen LogP contribution in [0.2, 0.25) is 0 Å². The predicted octanol–water partition coefficient (Wildman–Crippen LogP) is 0.279. The molecular weight excluding hydrogens is 246 g/mol. The Morgan fingerprint density at radius 3 is 2.53 bits per heavy atom. The maximum absolute atomic E-state index is 11.7. The molecule has 6 nitrogen and oxygen atoms in total. The number of hydrogen-bond acceptors (Lipinski definition) is 5. The second kappa shape index (κ2) is 7.38. The van der Waals surface area contributed by atoms with Crippen LogP contribution in [0.3, 0.4) is 0 Å². The van der Waals surface area contributed by atoms with Crippen LogP contribution in [-0.2, 0) is 9.53 Å². The lowest BCUT2D eigenvalue weighted by Crippen LogP contribution is -2.33. The Labute approximate surface area is 112 Å². The van der Waals surface area contributed by atoms with Gasteiger partial charge in [0.2, 0.25) is 0 Å². The Bertz CT molecular complexity index is 431. The number of ether oxygens (including phenoxy) is 1. The third-order valence-electron chi connectivity index (χ3n) is 2.65. The summed E-state index contributed by atoms with van der Waals surface area (Å²) in [6, 6.07) is 6.01. The van der Waals surface area contributed by atoms with E-state index in [9.17, 15) is 9.59 Å². The van der Waals surface area contributed by atoms with Crippen molar-refractivity contribution in [2.45, 2.75) is 18.9 Å². The van der Waals surface area contributed by atoms with Crippen molar-refractivity contribution in [2.75, 3.05) is 19.4 Å². The van der Waals surface area contributed by atoms with Crippen molar-refractivity contribution >= 4 is 17.6 Å². The van der Waals surface area contributed by atoms with Gasteiger partial charge in [-0.2, -0.15) is 0 Å². The average Bonchev–Trinajstić information content (AvgIpc) is 2.42. The molecule has 0 saturated heterocycles. The number of nitrogens with one attached hydrogen (secondary N) is 1. The topological polar surface area (TPSA) is 107 Å². The van der Waals surface area contributed by atoms with E-state index in [1.54, 1.807) is 24.3 Å². The number of esters is 1. The van der Waals surface area contributed by atoms with Gasteiger partial charge in [-0.3, -0.25) is 9.59 Å². The van der Waals surface area contributed by atoms with Crippen molar-refractivity contribution in [3.8, 4) is 0 Å². The number of nitrogens with two attached hydrogens (primary N) is 2. The lowest BCUT2D eigenvalue weighted by molar-refractivity contribution is -0.142. The van der Waals surface area contributed by atoms with E-state index < -0.39 is 12.0 Å². The molecule has 0 spiro atoms. The van der Waals surface area contributed by atoms with Crippen LogP contribution < -0.4 is 16.8 Å². The third-order valence-corrected chi connectivity index (χ3v) is 2.65. The molecule has 0 radical (unpaired) electrons. The van der Waals surface area contributed by atoms with Gasteiger partial charge in [-0.15, -0.1) is 0 Å². The molecule has 1 rings (SSSR count). The molecule has 0 saturated carbocycles. The van der Waals surface area contributed by atoms with Gasteiger partial charge >= 0.3 is 5.97 Å². The van der Waals surface area contributed by atoms with Gasteiger partial charge in [0.1, 0.15) is 6.04 Å². The first-order chi connectivity index (χ1) is 9.04. The zero-order chi connectivity index (χ0) is 14.3. The molecule has 5 N–H and O–H groups in total. The number of nitrogen functional groups attached to an aromatic ring is 1. The molecule has 1 unspecified atom stereocenters. The van der Waals surface area contributed by atoms with Gasteiger partial charge < -0.3 is 21.5 Å². The quantitative estimate of drug-likeness (QED) is 0.389. The summed E-state index contributed by atoms with van der Waals surface area (Å²) in [7, 11) is 1.30. The zero-order valence-corrected chi connectivity index (χ0v) is 10.9. The fraction of sp³-hybridized carbons (Fsp3) is 0.385. The monoisotopic (exact) mass is 265 g/mol. The van der Waals surface area contributed by atoms with Gasteiger partial charge in [0.15, 0.2) is 0 Å². The Hall–Kier alpha value is -2.08. The Kier molecular flexibility index (Phi) is 5.81. The molecule has 6 heteroatoms. The summed E-state index contributed by atoms with van der Waals surface area (Å²) in [5, 5.41) is 2.74. The Morgan fingerprint density at radius 1 is 1.32 bits per heavy atom. The fourth-order valence-electron chi connectivity index (χ4n) is 1.53. The lowest BCUT2D eigenvalue weighted by Gasteiger charge is -2.09. The van der Waals surface area contributed by atoms with Crippen LogP contribution in [0.1, 0.15) is 23.2 Å². The number of hydrogen-bond donors (Lipinski definition) is 3. The summed E-state index contributed by atoms with van der Waals surface area (Å²) in [5.74, 6) is -0.614. The van der Waals surface area contributed by atoms with E-state index in [1.807, 2.05) is 0 Å². The van der Waals surface area contributed by atoms with Gasteiger partial charge in [0.05, 0.1) is 7.11 Å². The van der Waals surface area contributed by atoms with E-state index >= 15 is 0 Å². The zero-order valence-electron chi connectivity index (χ0n) is 10.9. The fourth-order valence-corrected chi connectivity index (χ4v) is 1.53. The average molecular weight is 265 g/mol. The smallest absolute Gasteiger partial charge is 0.322 e. The van der Waals surface area contributed by atoms with Crippen LogP contribution in [0.4, 0.5) is 5.69 Å². The molecule has 0 fully saturated rings. The second-order valence-corrected chi connectivity index (χ2v) is 4.15. The molecule has 1 aromatic carbocycles. The van der Waals surface area contributed by atoms with Crippen molar-refractivity contribution in [1.29, 1.82) is 0 Å². The second-order valence-electron chi connectivity index (χ2n) is 4.15. The van der Waals surface area contributed by atoms with E-state index in [1.165, 1.54) is 7.11 Å². The van der Waals surface area contributed by atoms with E-state index in [0.29, 0.717) is 30.6 Å². The molecular formula is C13H19N3O3. The number of rotatable bonds is 6. The number of benzene rings is 1. The molecule has 0 aliphatic heterocycles. The van der Waals surface area contributed by atoms with Crippen molar-refractivity contribution in [3.63, 3.8) is 0 Å². The highest BCUT2D eigenvalue weighted by molar-refractivity contribution is 5.94. The maximum Gasteiger partial charge on any atom is 0.322 e. The largest absolute Gasteiger partial charge is 0.468 e. The SMILES string of the molecule is COC(=O)C(N)CCCNC(=O)c1ccc(N)cc1. The molecule has 0 aliphatic carbocycles. The van der Waals surface area contributed by atoms with Gasteiger partial charge in [-0.05, 0) is 37.1 Å². The molecule has 0 aromatic heterocycles. The minimum absolute atomic E-state index is 0.174. The minimum Gasteiger partial charge on any atom is -0.468 e. The summed E-state index contributed by atoms with van der Waals surface area (Å²) >= 11 is 0. The predicted molar refractivity (Wildman–Crippen MR) is 72.4 cm³/mol. The summed E-state index contributed by atoms with van der Waals surface area (Å²) in [6.07, 6.45) is 1.08. The van der Waals surface area contributed by atoms with Gasteiger partial charge in [0, 0.05) is 17.8 Å². The molecule has 0 bridgehead atoms. The molecule has 1 aromatic rings. The molecule has 0 aliphatic rings. The van der Waals surface area contributed by atoms with Crippen LogP contribution in [0.5, 0.6) is 0 Å². The van der Waals surface area contributed by atoms with Crippen LogP contribution in [-0.4, -0.2) is 31.6 Å². The van der Waals surface area contributed by atoms with E-state index in [-0.39, 0.29) is 5.91 Å². The Balaban J connectivity index is 2.28. The van der Waals surface area contributed by atoms with Gasteiger partial charge in [0.25, 0.3) is 5.91 Å². The molecule has 1 atom stereocenters. The van der Waals surface area contributed by atoms with Gasteiger partial charge in [-0.1, -0.05) is 0 Å². The highest BCUT2D eigenvalue weighted by Gasteiger charge is 2.13. The van der Waals surface area contributed by atoms with E-state index in [0.717, 1.165) is 0 Å². The number of methoxy groups -OCH3 is 1. The van der Waals surface area contributed by atoms with E-state index in [2.05, 4.69) is 10.1 Å². The molecule has 1 amide bonds. The molecule has 0 heterocycles. The highest BCUT2D eigenvalue weighted by Crippen LogP contribution is 2.05. The molecule has 19 heavy (non-hydrogen) atoms. The lowest BCUT2D eigenvalue weighted by atomic mass is 10.1. The molecule has 104 valence electrons. The maximum atomic E-state index is 11.7. The number of anilines is 1. The first-order valence-corrected chi connectivity index (χ1v) is 6.01. The standard InChI is InChI=1S/C13H19N3O3/c1-19-13(18)11(15)3-2-8-16-12(17)9-4-6-10(14)7-5-9/h4-7,11H,2-3,8,14-15H2,1H3,(H,16,17). The number of amides is 1.